The molecule has 1 aliphatic heterocycles. The Labute approximate surface area is 201 Å². The van der Waals surface area contributed by atoms with Gasteiger partial charge in [0.2, 0.25) is 0 Å². The fraction of sp³-hybridized carbons (Fsp3) is 0.261. The van der Waals surface area contributed by atoms with Crippen LogP contribution in [0.5, 0.6) is 0 Å². The summed E-state index contributed by atoms with van der Waals surface area (Å²) in [6, 6.07) is 12.7. The molecular formula is C23H22Cl3N3OS. The number of carbonyl (C=O) groups excluding carboxylic acids is 1. The molecule has 0 aliphatic carbocycles. The third-order valence-electron chi connectivity index (χ3n) is 5.59. The average molecular weight is 495 g/mol. The lowest BCUT2D eigenvalue weighted by Crippen LogP contribution is -2.46. The van der Waals surface area contributed by atoms with Crippen LogP contribution in [0.15, 0.2) is 42.5 Å². The summed E-state index contributed by atoms with van der Waals surface area (Å²) in [7, 11) is 0. The van der Waals surface area contributed by atoms with Crippen molar-refractivity contribution in [2.75, 3.05) is 36.8 Å². The molecule has 0 radical (unpaired) electrons. The van der Waals surface area contributed by atoms with Crippen LogP contribution in [0.25, 0.3) is 0 Å². The predicted octanol–water partition coefficient (Wildman–Crippen LogP) is 6.15. The Morgan fingerprint density at radius 2 is 1.68 bits per heavy atom. The molecule has 3 aromatic rings. The molecule has 8 heteroatoms. The summed E-state index contributed by atoms with van der Waals surface area (Å²) in [5, 5.41) is 2.30. The zero-order valence-corrected chi connectivity index (χ0v) is 20.1. The number of rotatable bonds is 5. The van der Waals surface area contributed by atoms with Gasteiger partial charge in [0.05, 0.1) is 20.6 Å². The minimum atomic E-state index is -0.0528. The van der Waals surface area contributed by atoms with Crippen molar-refractivity contribution in [3.63, 3.8) is 0 Å². The van der Waals surface area contributed by atoms with E-state index in [0.717, 1.165) is 42.3 Å². The quantitative estimate of drug-likeness (QED) is 0.432. The lowest BCUT2D eigenvalue weighted by molar-refractivity contribution is 0.103. The van der Waals surface area contributed by atoms with E-state index >= 15 is 0 Å². The maximum absolute atomic E-state index is 13.2. The van der Waals surface area contributed by atoms with E-state index in [-0.39, 0.29) is 5.78 Å². The predicted molar refractivity (Wildman–Crippen MR) is 132 cm³/mol. The monoisotopic (exact) mass is 493 g/mol. The van der Waals surface area contributed by atoms with Crippen LogP contribution >= 0.6 is 46.1 Å². The van der Waals surface area contributed by atoms with E-state index in [0.29, 0.717) is 37.7 Å². The topological polar surface area (TPSA) is 49.6 Å². The molecule has 1 fully saturated rings. The zero-order chi connectivity index (χ0) is 22.1. The molecule has 0 atom stereocenters. The molecule has 1 aliphatic rings. The third-order valence-corrected chi connectivity index (χ3v) is 7.56. The number of thiophene rings is 1. The van der Waals surface area contributed by atoms with Gasteiger partial charge >= 0.3 is 0 Å². The smallest absolute Gasteiger partial charge is 0.196 e. The van der Waals surface area contributed by atoms with Crippen LogP contribution in [0.3, 0.4) is 0 Å². The molecule has 0 bridgehead atoms. The first kappa shape index (κ1) is 22.4. The van der Waals surface area contributed by atoms with Gasteiger partial charge in [-0.1, -0.05) is 34.8 Å². The summed E-state index contributed by atoms with van der Waals surface area (Å²) in [5.41, 5.74) is 9.57. The minimum Gasteiger partial charge on any atom is -0.390 e. The maximum atomic E-state index is 13.2. The van der Waals surface area contributed by atoms with Crippen molar-refractivity contribution >= 4 is 62.6 Å². The van der Waals surface area contributed by atoms with Crippen LogP contribution in [0.2, 0.25) is 15.1 Å². The van der Waals surface area contributed by atoms with E-state index in [2.05, 4.69) is 9.80 Å². The molecule has 31 heavy (non-hydrogen) atoms. The van der Waals surface area contributed by atoms with Gasteiger partial charge < -0.3 is 10.6 Å². The number of hydrogen-bond acceptors (Lipinski definition) is 5. The van der Waals surface area contributed by atoms with Gasteiger partial charge in [0.15, 0.2) is 5.78 Å². The largest absolute Gasteiger partial charge is 0.390 e. The highest BCUT2D eigenvalue weighted by Crippen LogP contribution is 2.34. The highest BCUT2D eigenvalue weighted by molar-refractivity contribution is 7.16. The Kier molecular flexibility index (Phi) is 6.80. The molecule has 0 amide bonds. The van der Waals surface area contributed by atoms with Crippen LogP contribution in [0, 0.1) is 6.92 Å². The normalized spacial score (nSPS) is 14.8. The molecule has 0 spiro atoms. The lowest BCUT2D eigenvalue weighted by Gasteiger charge is -2.36. The van der Waals surface area contributed by atoms with Gasteiger partial charge in [-0.2, -0.15) is 0 Å². The van der Waals surface area contributed by atoms with Crippen molar-refractivity contribution < 1.29 is 4.79 Å². The molecule has 162 valence electrons. The first-order chi connectivity index (χ1) is 14.8. The number of benzene rings is 2. The summed E-state index contributed by atoms with van der Waals surface area (Å²) in [6.07, 6.45) is 0. The number of hydrogen-bond donors (Lipinski definition) is 1. The van der Waals surface area contributed by atoms with Gasteiger partial charge in [-0.3, -0.25) is 9.69 Å². The van der Waals surface area contributed by atoms with E-state index in [9.17, 15) is 4.79 Å². The zero-order valence-electron chi connectivity index (χ0n) is 17.0. The van der Waals surface area contributed by atoms with Crippen LogP contribution in [0.1, 0.15) is 26.4 Å². The van der Waals surface area contributed by atoms with Crippen molar-refractivity contribution in [2.24, 2.45) is 0 Å². The van der Waals surface area contributed by atoms with Crippen molar-refractivity contribution in [2.45, 2.75) is 13.5 Å². The molecule has 2 N–H and O–H groups in total. The van der Waals surface area contributed by atoms with Crippen LogP contribution in [0.4, 0.5) is 10.7 Å². The second-order valence-electron chi connectivity index (χ2n) is 7.57. The van der Waals surface area contributed by atoms with E-state index in [1.807, 2.05) is 25.1 Å². The Morgan fingerprint density at radius 3 is 2.32 bits per heavy atom. The molecule has 1 saturated heterocycles. The van der Waals surface area contributed by atoms with Crippen molar-refractivity contribution in [1.29, 1.82) is 0 Å². The highest BCUT2D eigenvalue weighted by atomic mass is 35.5. The second-order valence-corrected chi connectivity index (χ2v) is 10.1. The Hall–Kier alpha value is -1.76. The van der Waals surface area contributed by atoms with Crippen LogP contribution < -0.4 is 10.6 Å². The number of nitrogens with two attached hydrogens (primary N) is 1. The number of halogens is 3. The molecule has 4 nitrogen and oxygen atoms in total. The van der Waals surface area contributed by atoms with Gasteiger partial charge in [0.25, 0.3) is 0 Å². The second kappa shape index (κ2) is 9.39. The van der Waals surface area contributed by atoms with Crippen LogP contribution in [-0.4, -0.2) is 36.9 Å². The molecule has 2 heterocycles. The number of anilines is 2. The summed E-state index contributed by atoms with van der Waals surface area (Å²) in [4.78, 5) is 18.9. The summed E-state index contributed by atoms with van der Waals surface area (Å²) >= 11 is 19.7. The minimum absolute atomic E-state index is 0.0528. The summed E-state index contributed by atoms with van der Waals surface area (Å²) in [6.45, 7) is 6.23. The maximum Gasteiger partial charge on any atom is 0.196 e. The van der Waals surface area contributed by atoms with Crippen LogP contribution in [-0.2, 0) is 6.54 Å². The van der Waals surface area contributed by atoms with Gasteiger partial charge in [0.1, 0.15) is 0 Å². The Balaban J connectivity index is 1.48. The fourth-order valence-electron chi connectivity index (χ4n) is 3.86. The average Bonchev–Trinajstić information content (AvgIpc) is 3.03. The number of carbonyl (C=O) groups is 1. The summed E-state index contributed by atoms with van der Waals surface area (Å²) in [5.74, 6) is -0.0528. The molecular weight excluding hydrogens is 473 g/mol. The van der Waals surface area contributed by atoms with Gasteiger partial charge in [-0.05, 0) is 55.0 Å². The van der Waals surface area contributed by atoms with Gasteiger partial charge in [0, 0.05) is 53.9 Å². The molecule has 1 aromatic heterocycles. The van der Waals surface area contributed by atoms with Crippen molar-refractivity contribution in [3.8, 4) is 0 Å². The standard InChI is InChI=1S/C23H22Cl3N3OS/c1-14-18(21(23(27)31-14)22(30)15-2-4-16(24)5-3-15)13-28-8-10-29(11-9-28)17-6-7-19(25)20(26)12-17/h2-7,12H,8-11,13,27H2,1H3. The van der Waals surface area contributed by atoms with E-state index in [1.165, 1.54) is 11.3 Å². The van der Waals surface area contributed by atoms with Crippen molar-refractivity contribution in [3.05, 3.63) is 79.1 Å². The fourth-order valence-corrected chi connectivity index (χ4v) is 5.21. The molecule has 2 aromatic carbocycles. The van der Waals surface area contributed by atoms with Gasteiger partial charge in [-0.15, -0.1) is 11.3 Å². The van der Waals surface area contributed by atoms with E-state index in [4.69, 9.17) is 40.5 Å². The van der Waals surface area contributed by atoms with Crippen molar-refractivity contribution in [1.82, 2.24) is 4.90 Å². The number of ketones is 1. The highest BCUT2D eigenvalue weighted by Gasteiger charge is 2.25. The molecule has 0 unspecified atom stereocenters. The van der Waals surface area contributed by atoms with E-state index in [1.54, 1.807) is 24.3 Å². The third kappa shape index (κ3) is 4.86. The molecule has 0 saturated carbocycles. The Bertz CT molecular complexity index is 1110. The molecule has 4 rings (SSSR count). The Morgan fingerprint density at radius 1 is 1.00 bits per heavy atom. The van der Waals surface area contributed by atoms with E-state index < -0.39 is 0 Å². The number of nitrogen functional groups attached to an aromatic ring is 1. The first-order valence-corrected chi connectivity index (χ1v) is 11.9. The van der Waals surface area contributed by atoms with Gasteiger partial charge in [-0.25, -0.2) is 0 Å². The lowest BCUT2D eigenvalue weighted by atomic mass is 9.99. The SMILES string of the molecule is Cc1sc(N)c(C(=O)c2ccc(Cl)cc2)c1CN1CCN(c2ccc(Cl)c(Cl)c2)CC1. The number of piperazine rings is 1. The first-order valence-electron chi connectivity index (χ1n) is 9.94. The number of nitrogens with zero attached hydrogens (tertiary/aromatic N) is 2. The number of aryl methyl sites for hydroxylation is 1. The summed E-state index contributed by atoms with van der Waals surface area (Å²) < 4.78 is 0.